The Balaban J connectivity index is 2.87. The van der Waals surface area contributed by atoms with E-state index in [4.69, 9.17) is 0 Å². The van der Waals surface area contributed by atoms with Gasteiger partial charge in [-0.2, -0.15) is 0 Å². The second-order valence-electron chi connectivity index (χ2n) is 3.01. The van der Waals surface area contributed by atoms with Gasteiger partial charge in [0, 0.05) is 18.5 Å². The molecular formula is C12H13NO2. The van der Waals surface area contributed by atoms with Gasteiger partial charge >= 0.3 is 0 Å². The zero-order valence-electron chi connectivity index (χ0n) is 8.58. The third kappa shape index (κ3) is 3.12. The van der Waals surface area contributed by atoms with E-state index in [1.807, 2.05) is 7.05 Å². The van der Waals surface area contributed by atoms with Crippen molar-refractivity contribution < 1.29 is 9.90 Å². The van der Waals surface area contributed by atoms with Crippen LogP contribution in [0.3, 0.4) is 0 Å². The molecule has 0 fully saturated rings. The zero-order chi connectivity index (χ0) is 11.1. The fourth-order valence-electron chi connectivity index (χ4n) is 1.13. The van der Waals surface area contributed by atoms with Crippen LogP contribution >= 0.6 is 0 Å². The normalized spacial score (nSPS) is 9.13. The van der Waals surface area contributed by atoms with Gasteiger partial charge in [0.15, 0.2) is 6.29 Å². The molecule has 15 heavy (non-hydrogen) atoms. The second-order valence-corrected chi connectivity index (χ2v) is 3.01. The predicted octanol–water partition coefficient (Wildman–Crippen LogP) is 1.17. The molecule has 3 heteroatoms. The lowest BCUT2D eigenvalue weighted by molar-refractivity contribution is 0.112. The van der Waals surface area contributed by atoms with E-state index in [9.17, 15) is 9.90 Å². The summed E-state index contributed by atoms with van der Waals surface area (Å²) >= 11 is 0. The molecule has 3 nitrogen and oxygen atoms in total. The summed E-state index contributed by atoms with van der Waals surface area (Å²) in [6.45, 7) is 0.808. The molecule has 78 valence electrons. The number of benzene rings is 1. The number of phenols is 1. The van der Waals surface area contributed by atoms with Gasteiger partial charge in [-0.25, -0.2) is 0 Å². The molecule has 0 saturated carbocycles. The summed E-state index contributed by atoms with van der Waals surface area (Å²) < 4.78 is 0. The van der Waals surface area contributed by atoms with Crippen molar-refractivity contribution >= 4 is 6.29 Å². The smallest absolute Gasteiger partial charge is 0.155 e. The highest BCUT2D eigenvalue weighted by molar-refractivity contribution is 5.83. The SMILES string of the molecule is CNCCC#Cc1cccc(O)c1C=O. The number of aldehydes is 1. The molecule has 0 heterocycles. The molecule has 0 unspecified atom stereocenters. The lowest BCUT2D eigenvalue weighted by atomic mass is 10.1. The molecule has 0 aliphatic carbocycles. The first-order valence-electron chi connectivity index (χ1n) is 4.70. The summed E-state index contributed by atoms with van der Waals surface area (Å²) in [5, 5.41) is 12.4. The van der Waals surface area contributed by atoms with Crippen LogP contribution in [0.25, 0.3) is 0 Å². The largest absolute Gasteiger partial charge is 0.507 e. The van der Waals surface area contributed by atoms with Crippen molar-refractivity contribution in [2.45, 2.75) is 6.42 Å². The molecule has 0 bridgehead atoms. The summed E-state index contributed by atoms with van der Waals surface area (Å²) in [5.41, 5.74) is 0.829. The molecule has 0 aliphatic rings. The van der Waals surface area contributed by atoms with Crippen molar-refractivity contribution in [3.63, 3.8) is 0 Å². The lowest BCUT2D eigenvalue weighted by Crippen LogP contribution is -2.05. The van der Waals surface area contributed by atoms with Gasteiger partial charge in [-0.15, -0.1) is 0 Å². The molecule has 0 saturated heterocycles. The molecule has 0 atom stereocenters. The summed E-state index contributed by atoms with van der Waals surface area (Å²) in [7, 11) is 1.85. The molecule has 1 aromatic carbocycles. The van der Waals surface area contributed by atoms with Crippen LogP contribution < -0.4 is 5.32 Å². The quantitative estimate of drug-likeness (QED) is 0.440. The number of hydrogen-bond donors (Lipinski definition) is 2. The van der Waals surface area contributed by atoms with E-state index in [0.717, 1.165) is 6.54 Å². The number of nitrogens with one attached hydrogen (secondary N) is 1. The Morgan fingerprint density at radius 1 is 1.53 bits per heavy atom. The minimum atomic E-state index is -0.0228. The maximum absolute atomic E-state index is 10.7. The van der Waals surface area contributed by atoms with Gasteiger partial charge in [0.2, 0.25) is 0 Å². The van der Waals surface area contributed by atoms with Gasteiger partial charge in [0.1, 0.15) is 5.75 Å². The van der Waals surface area contributed by atoms with Crippen molar-refractivity contribution in [2.24, 2.45) is 0 Å². The monoisotopic (exact) mass is 203 g/mol. The van der Waals surface area contributed by atoms with Crippen molar-refractivity contribution in [1.82, 2.24) is 5.32 Å². The van der Waals surface area contributed by atoms with E-state index in [2.05, 4.69) is 17.2 Å². The Morgan fingerprint density at radius 3 is 3.00 bits per heavy atom. The molecule has 1 aromatic rings. The summed E-state index contributed by atoms with van der Waals surface area (Å²) in [6.07, 6.45) is 1.34. The standard InChI is InChI=1S/C12H13NO2/c1-13-8-3-2-5-10-6-4-7-12(15)11(10)9-14/h4,6-7,9,13,15H,3,8H2,1H3. The lowest BCUT2D eigenvalue weighted by Gasteiger charge is -1.98. The molecule has 1 rings (SSSR count). The molecule has 0 radical (unpaired) electrons. The highest BCUT2D eigenvalue weighted by Gasteiger charge is 2.03. The van der Waals surface area contributed by atoms with E-state index < -0.39 is 0 Å². The van der Waals surface area contributed by atoms with E-state index in [1.165, 1.54) is 6.07 Å². The zero-order valence-corrected chi connectivity index (χ0v) is 8.58. The van der Waals surface area contributed by atoms with Crippen LogP contribution in [-0.2, 0) is 0 Å². The van der Waals surface area contributed by atoms with Crippen LogP contribution in [-0.4, -0.2) is 25.0 Å². The van der Waals surface area contributed by atoms with Gasteiger partial charge in [0.25, 0.3) is 0 Å². The fraction of sp³-hybridized carbons (Fsp3) is 0.250. The second kappa shape index (κ2) is 5.84. The van der Waals surface area contributed by atoms with E-state index in [1.54, 1.807) is 12.1 Å². The van der Waals surface area contributed by atoms with Crippen LogP contribution in [0.5, 0.6) is 5.75 Å². The fourth-order valence-corrected chi connectivity index (χ4v) is 1.13. The Morgan fingerprint density at radius 2 is 2.33 bits per heavy atom. The highest BCUT2D eigenvalue weighted by Crippen LogP contribution is 2.17. The molecular weight excluding hydrogens is 190 g/mol. The molecule has 0 spiro atoms. The number of carbonyl (C=O) groups is 1. The molecule has 0 amide bonds. The number of rotatable bonds is 3. The minimum absolute atomic E-state index is 0.0228. The third-order valence-electron chi connectivity index (χ3n) is 1.92. The van der Waals surface area contributed by atoms with Crippen LogP contribution in [0.4, 0.5) is 0 Å². The maximum Gasteiger partial charge on any atom is 0.155 e. The minimum Gasteiger partial charge on any atom is -0.507 e. The van der Waals surface area contributed by atoms with Crippen molar-refractivity contribution in [2.75, 3.05) is 13.6 Å². The van der Waals surface area contributed by atoms with Crippen molar-refractivity contribution in [1.29, 1.82) is 0 Å². The Bertz CT molecular complexity index is 402. The van der Waals surface area contributed by atoms with Gasteiger partial charge in [-0.05, 0) is 19.2 Å². The summed E-state index contributed by atoms with van der Waals surface area (Å²) in [4.78, 5) is 10.7. The van der Waals surface area contributed by atoms with E-state index in [0.29, 0.717) is 18.3 Å². The molecule has 2 N–H and O–H groups in total. The highest BCUT2D eigenvalue weighted by atomic mass is 16.3. The van der Waals surface area contributed by atoms with Crippen molar-refractivity contribution in [3.8, 4) is 17.6 Å². The van der Waals surface area contributed by atoms with Crippen LogP contribution in [0.2, 0.25) is 0 Å². The average molecular weight is 203 g/mol. The Hall–Kier alpha value is -1.79. The third-order valence-corrected chi connectivity index (χ3v) is 1.92. The van der Waals surface area contributed by atoms with Crippen LogP contribution in [0.15, 0.2) is 18.2 Å². The van der Waals surface area contributed by atoms with Crippen LogP contribution in [0.1, 0.15) is 22.3 Å². The number of carbonyl (C=O) groups excluding carboxylic acids is 1. The maximum atomic E-state index is 10.7. The van der Waals surface area contributed by atoms with Crippen LogP contribution in [0, 0.1) is 11.8 Å². The van der Waals surface area contributed by atoms with Crippen molar-refractivity contribution in [3.05, 3.63) is 29.3 Å². The Kier molecular flexibility index (Phi) is 4.39. The van der Waals surface area contributed by atoms with Gasteiger partial charge in [-0.1, -0.05) is 17.9 Å². The number of hydrogen-bond acceptors (Lipinski definition) is 3. The molecule has 0 aliphatic heterocycles. The van der Waals surface area contributed by atoms with Gasteiger partial charge < -0.3 is 10.4 Å². The first kappa shape index (κ1) is 11.3. The van der Waals surface area contributed by atoms with E-state index >= 15 is 0 Å². The number of phenolic OH excluding ortho intramolecular Hbond substituents is 1. The first-order chi connectivity index (χ1) is 7.29. The topological polar surface area (TPSA) is 49.3 Å². The first-order valence-corrected chi connectivity index (χ1v) is 4.70. The van der Waals surface area contributed by atoms with Gasteiger partial charge in [-0.3, -0.25) is 4.79 Å². The predicted molar refractivity (Wildman–Crippen MR) is 58.9 cm³/mol. The Labute approximate surface area is 89.1 Å². The summed E-state index contributed by atoms with van der Waals surface area (Å²) in [5.74, 6) is 5.76. The average Bonchev–Trinajstić information content (AvgIpc) is 2.24. The summed E-state index contributed by atoms with van der Waals surface area (Å²) in [6, 6.07) is 4.86. The molecule has 0 aromatic heterocycles. The number of aromatic hydroxyl groups is 1. The van der Waals surface area contributed by atoms with Gasteiger partial charge in [0.05, 0.1) is 5.56 Å². The van der Waals surface area contributed by atoms with E-state index in [-0.39, 0.29) is 11.3 Å².